The van der Waals surface area contributed by atoms with Crippen LogP contribution in [0.5, 0.6) is 0 Å². The topological polar surface area (TPSA) is 76.5 Å². The molecule has 1 N–H and O–H groups in total. The third-order valence-electron chi connectivity index (χ3n) is 5.40. The predicted octanol–water partition coefficient (Wildman–Crippen LogP) is 3.60. The lowest BCUT2D eigenvalue weighted by Crippen LogP contribution is -2.36. The van der Waals surface area contributed by atoms with E-state index in [4.69, 9.17) is 4.74 Å². The van der Waals surface area contributed by atoms with Gasteiger partial charge in [0.25, 0.3) is 5.56 Å². The minimum atomic E-state index is -0.271. The van der Waals surface area contributed by atoms with E-state index in [9.17, 15) is 9.59 Å². The zero-order valence-electron chi connectivity index (χ0n) is 17.4. The summed E-state index contributed by atoms with van der Waals surface area (Å²) >= 11 is 1.40. The fourth-order valence-electron chi connectivity index (χ4n) is 3.73. The lowest BCUT2D eigenvalue weighted by atomic mass is 10.2. The fraction of sp³-hybridized carbons (Fsp3) is 0.208. The van der Waals surface area contributed by atoms with Gasteiger partial charge in [-0.05, 0) is 35.9 Å². The number of benzene rings is 2. The van der Waals surface area contributed by atoms with Crippen LogP contribution in [0.3, 0.4) is 0 Å². The molecule has 7 nitrogen and oxygen atoms in total. The Kier molecular flexibility index (Phi) is 5.70. The number of anilines is 2. The molecule has 4 aromatic rings. The second-order valence-corrected chi connectivity index (χ2v) is 8.62. The third kappa shape index (κ3) is 4.28. The SMILES string of the molecule is O=C(Cn1cnc2cc(-c3ccccc3)sc2c1=O)Nc1ccc(N2CCOCC2)cc1. The molecule has 2 aromatic carbocycles. The van der Waals surface area contributed by atoms with Gasteiger partial charge in [0.05, 0.1) is 25.1 Å². The molecule has 5 rings (SSSR count). The first-order valence-corrected chi connectivity index (χ1v) is 11.3. The van der Waals surface area contributed by atoms with Gasteiger partial charge in [-0.15, -0.1) is 11.3 Å². The summed E-state index contributed by atoms with van der Waals surface area (Å²) in [5.41, 5.74) is 3.27. The molecule has 0 radical (unpaired) electrons. The Hall–Kier alpha value is -3.49. The molecule has 162 valence electrons. The molecule has 3 heterocycles. The Morgan fingerprint density at radius 3 is 2.56 bits per heavy atom. The van der Waals surface area contributed by atoms with Gasteiger partial charge >= 0.3 is 0 Å². The number of fused-ring (bicyclic) bond motifs is 1. The first-order valence-electron chi connectivity index (χ1n) is 10.4. The van der Waals surface area contributed by atoms with E-state index in [1.165, 1.54) is 22.2 Å². The molecule has 32 heavy (non-hydrogen) atoms. The highest BCUT2D eigenvalue weighted by Crippen LogP contribution is 2.30. The third-order valence-corrected chi connectivity index (χ3v) is 6.56. The van der Waals surface area contributed by atoms with Crippen LogP contribution < -0.4 is 15.8 Å². The monoisotopic (exact) mass is 446 g/mol. The van der Waals surface area contributed by atoms with Gasteiger partial charge in [-0.25, -0.2) is 4.98 Å². The minimum Gasteiger partial charge on any atom is -0.378 e. The van der Waals surface area contributed by atoms with Crippen molar-refractivity contribution in [3.05, 3.63) is 77.3 Å². The van der Waals surface area contributed by atoms with Crippen LogP contribution in [0.25, 0.3) is 20.7 Å². The van der Waals surface area contributed by atoms with Crippen LogP contribution in [-0.4, -0.2) is 41.8 Å². The van der Waals surface area contributed by atoms with Crippen LogP contribution >= 0.6 is 11.3 Å². The van der Waals surface area contributed by atoms with Crippen molar-refractivity contribution >= 4 is 38.8 Å². The van der Waals surface area contributed by atoms with Crippen molar-refractivity contribution in [2.24, 2.45) is 0 Å². The number of amides is 1. The molecular formula is C24H22N4O3S. The maximum Gasteiger partial charge on any atom is 0.271 e. The summed E-state index contributed by atoms with van der Waals surface area (Å²) < 4.78 is 7.29. The van der Waals surface area contributed by atoms with E-state index >= 15 is 0 Å². The second-order valence-electron chi connectivity index (χ2n) is 7.56. The van der Waals surface area contributed by atoms with Gasteiger partial charge in [0.1, 0.15) is 11.2 Å². The summed E-state index contributed by atoms with van der Waals surface area (Å²) in [6, 6.07) is 19.5. The van der Waals surface area contributed by atoms with E-state index in [2.05, 4.69) is 15.2 Å². The zero-order valence-corrected chi connectivity index (χ0v) is 18.2. The Morgan fingerprint density at radius 2 is 1.81 bits per heavy atom. The van der Waals surface area contributed by atoms with E-state index in [1.807, 2.05) is 60.7 Å². The Morgan fingerprint density at radius 1 is 1.06 bits per heavy atom. The molecule has 8 heteroatoms. The summed E-state index contributed by atoms with van der Waals surface area (Å²) in [7, 11) is 0. The smallest absolute Gasteiger partial charge is 0.271 e. The van der Waals surface area contributed by atoms with Gasteiger partial charge in [-0.3, -0.25) is 14.2 Å². The summed E-state index contributed by atoms with van der Waals surface area (Å²) in [5, 5.41) is 2.86. The quantitative estimate of drug-likeness (QED) is 0.507. The lowest BCUT2D eigenvalue weighted by molar-refractivity contribution is -0.116. The maximum absolute atomic E-state index is 12.9. The highest BCUT2D eigenvalue weighted by molar-refractivity contribution is 7.22. The predicted molar refractivity (Wildman–Crippen MR) is 127 cm³/mol. The normalized spacial score (nSPS) is 13.9. The van der Waals surface area contributed by atoms with Gasteiger partial charge in [0.2, 0.25) is 5.91 Å². The standard InChI is InChI=1S/C24H22N4O3S/c29-22(26-18-6-8-19(9-7-18)27-10-12-31-13-11-27)15-28-16-25-20-14-21(32-23(20)24(28)30)17-4-2-1-3-5-17/h1-9,14,16H,10-13,15H2,(H,26,29). The number of rotatable bonds is 5. The van der Waals surface area contributed by atoms with Crippen molar-refractivity contribution in [2.75, 3.05) is 36.5 Å². The summed E-state index contributed by atoms with van der Waals surface area (Å²) in [6.45, 7) is 3.08. The Balaban J connectivity index is 1.29. The molecule has 1 aliphatic heterocycles. The van der Waals surface area contributed by atoms with E-state index in [1.54, 1.807) is 0 Å². The molecule has 0 aliphatic carbocycles. The van der Waals surface area contributed by atoms with Gasteiger partial charge in [0.15, 0.2) is 0 Å². The highest BCUT2D eigenvalue weighted by atomic mass is 32.1. The molecule has 1 saturated heterocycles. The molecule has 0 saturated carbocycles. The van der Waals surface area contributed by atoms with E-state index in [-0.39, 0.29) is 18.0 Å². The van der Waals surface area contributed by atoms with Crippen LogP contribution in [0, 0.1) is 0 Å². The number of hydrogen-bond acceptors (Lipinski definition) is 6. The lowest BCUT2D eigenvalue weighted by Gasteiger charge is -2.28. The largest absolute Gasteiger partial charge is 0.378 e. The van der Waals surface area contributed by atoms with Gasteiger partial charge in [-0.2, -0.15) is 0 Å². The van der Waals surface area contributed by atoms with Gasteiger partial charge in [0, 0.05) is 29.3 Å². The number of nitrogens with one attached hydrogen (secondary N) is 1. The molecule has 0 bridgehead atoms. The molecule has 0 unspecified atom stereocenters. The Bertz CT molecular complexity index is 1290. The van der Waals surface area contributed by atoms with Crippen LogP contribution in [0.4, 0.5) is 11.4 Å². The van der Waals surface area contributed by atoms with Crippen molar-refractivity contribution in [2.45, 2.75) is 6.54 Å². The maximum atomic E-state index is 12.9. The fourth-order valence-corrected chi connectivity index (χ4v) is 4.80. The summed E-state index contributed by atoms with van der Waals surface area (Å²) in [5.74, 6) is -0.271. The van der Waals surface area contributed by atoms with E-state index in [0.29, 0.717) is 15.9 Å². The van der Waals surface area contributed by atoms with Crippen molar-refractivity contribution in [3.63, 3.8) is 0 Å². The Labute approximate surface area is 188 Å². The average molecular weight is 447 g/mol. The van der Waals surface area contributed by atoms with Crippen molar-refractivity contribution in [3.8, 4) is 10.4 Å². The second kappa shape index (κ2) is 8.94. The number of ether oxygens (including phenoxy) is 1. The first kappa shape index (κ1) is 20.4. The number of carbonyl (C=O) groups is 1. The van der Waals surface area contributed by atoms with Crippen LogP contribution in [0.2, 0.25) is 0 Å². The van der Waals surface area contributed by atoms with E-state index in [0.717, 1.165) is 42.4 Å². The first-order chi connectivity index (χ1) is 15.7. The summed E-state index contributed by atoms with van der Waals surface area (Å²) in [6.07, 6.45) is 1.44. The zero-order chi connectivity index (χ0) is 21.9. The van der Waals surface area contributed by atoms with Crippen molar-refractivity contribution in [1.82, 2.24) is 9.55 Å². The van der Waals surface area contributed by atoms with Crippen molar-refractivity contribution < 1.29 is 9.53 Å². The molecular weight excluding hydrogens is 424 g/mol. The van der Waals surface area contributed by atoms with Gasteiger partial charge in [-0.1, -0.05) is 30.3 Å². The number of nitrogens with zero attached hydrogens (tertiary/aromatic N) is 3. The minimum absolute atomic E-state index is 0.0917. The summed E-state index contributed by atoms with van der Waals surface area (Å²) in [4.78, 5) is 33.1. The van der Waals surface area contributed by atoms with Crippen LogP contribution in [0.15, 0.2) is 71.8 Å². The number of thiophene rings is 1. The molecule has 1 fully saturated rings. The molecule has 0 atom stereocenters. The van der Waals surface area contributed by atoms with Crippen molar-refractivity contribution in [1.29, 1.82) is 0 Å². The molecule has 1 amide bonds. The number of carbonyl (C=O) groups excluding carboxylic acids is 1. The van der Waals surface area contributed by atoms with E-state index < -0.39 is 0 Å². The molecule has 2 aromatic heterocycles. The van der Waals surface area contributed by atoms with Crippen LogP contribution in [0.1, 0.15) is 0 Å². The number of aromatic nitrogens is 2. The highest BCUT2D eigenvalue weighted by Gasteiger charge is 2.14. The number of morpholine rings is 1. The average Bonchev–Trinajstić information content (AvgIpc) is 3.28. The van der Waals surface area contributed by atoms with Gasteiger partial charge < -0.3 is 15.0 Å². The molecule has 0 spiro atoms. The molecule has 1 aliphatic rings. The van der Waals surface area contributed by atoms with Crippen LogP contribution in [-0.2, 0) is 16.1 Å². The number of hydrogen-bond donors (Lipinski definition) is 1.